The minimum atomic E-state index is -0.335. The van der Waals surface area contributed by atoms with Crippen molar-refractivity contribution >= 4 is 5.91 Å². The summed E-state index contributed by atoms with van der Waals surface area (Å²) in [7, 11) is 3.16. The second kappa shape index (κ2) is 9.50. The summed E-state index contributed by atoms with van der Waals surface area (Å²) in [5.41, 5.74) is 2.09. The van der Waals surface area contributed by atoms with Crippen LogP contribution in [0.5, 0.6) is 11.5 Å². The molecule has 0 bridgehead atoms. The van der Waals surface area contributed by atoms with Gasteiger partial charge in [0, 0.05) is 30.6 Å². The average molecular weight is 394 g/mol. The van der Waals surface area contributed by atoms with Gasteiger partial charge < -0.3 is 14.8 Å². The van der Waals surface area contributed by atoms with Crippen LogP contribution in [0.15, 0.2) is 59.7 Å². The van der Waals surface area contributed by atoms with E-state index in [-0.39, 0.29) is 18.0 Å². The van der Waals surface area contributed by atoms with E-state index in [1.54, 1.807) is 44.8 Å². The SMILES string of the molecule is COc1ccc(CCNC(=O)Cn2nc(-c3ccncc3)ccc2=O)cc1OC. The molecule has 0 saturated carbocycles. The Kier molecular flexibility index (Phi) is 6.57. The number of rotatable bonds is 8. The second-order valence-electron chi connectivity index (χ2n) is 6.24. The van der Waals surface area contributed by atoms with Gasteiger partial charge in [-0.05, 0) is 42.3 Å². The number of methoxy groups -OCH3 is 2. The van der Waals surface area contributed by atoms with Crippen molar-refractivity contribution in [3.63, 3.8) is 0 Å². The maximum atomic E-state index is 12.3. The lowest BCUT2D eigenvalue weighted by Gasteiger charge is -2.10. The molecule has 1 aromatic carbocycles. The van der Waals surface area contributed by atoms with Crippen LogP contribution in [0, 0.1) is 0 Å². The molecule has 0 aliphatic carbocycles. The summed E-state index contributed by atoms with van der Waals surface area (Å²) in [6, 6.07) is 12.2. The van der Waals surface area contributed by atoms with Gasteiger partial charge in [-0.1, -0.05) is 6.07 Å². The number of hydrogen-bond donors (Lipinski definition) is 1. The molecule has 8 nitrogen and oxygen atoms in total. The van der Waals surface area contributed by atoms with E-state index in [4.69, 9.17) is 9.47 Å². The van der Waals surface area contributed by atoms with Crippen LogP contribution in [0.3, 0.4) is 0 Å². The molecule has 0 radical (unpaired) electrons. The van der Waals surface area contributed by atoms with E-state index in [9.17, 15) is 9.59 Å². The molecule has 0 aliphatic heterocycles. The van der Waals surface area contributed by atoms with E-state index in [0.29, 0.717) is 30.2 Å². The monoisotopic (exact) mass is 394 g/mol. The average Bonchev–Trinajstić information content (AvgIpc) is 2.75. The van der Waals surface area contributed by atoms with Crippen molar-refractivity contribution in [2.75, 3.05) is 20.8 Å². The molecule has 29 heavy (non-hydrogen) atoms. The predicted molar refractivity (Wildman–Crippen MR) is 108 cm³/mol. The molecule has 0 spiro atoms. The first-order valence-electron chi connectivity index (χ1n) is 9.07. The van der Waals surface area contributed by atoms with Gasteiger partial charge in [-0.15, -0.1) is 0 Å². The van der Waals surface area contributed by atoms with Crippen molar-refractivity contribution in [2.24, 2.45) is 0 Å². The van der Waals surface area contributed by atoms with Crippen LogP contribution in [0.2, 0.25) is 0 Å². The topological polar surface area (TPSA) is 95.3 Å². The molecular weight excluding hydrogens is 372 g/mol. The lowest BCUT2D eigenvalue weighted by atomic mass is 10.1. The highest BCUT2D eigenvalue weighted by molar-refractivity contribution is 5.75. The van der Waals surface area contributed by atoms with Gasteiger partial charge in [-0.2, -0.15) is 5.10 Å². The highest BCUT2D eigenvalue weighted by Gasteiger charge is 2.09. The maximum Gasteiger partial charge on any atom is 0.267 e. The summed E-state index contributed by atoms with van der Waals surface area (Å²) in [5.74, 6) is 1.01. The number of carbonyl (C=O) groups excluding carboxylic acids is 1. The summed E-state index contributed by atoms with van der Waals surface area (Å²) in [6.45, 7) is 0.275. The number of ether oxygens (including phenoxy) is 2. The number of pyridine rings is 1. The molecule has 1 amide bonds. The number of nitrogens with zero attached hydrogens (tertiary/aromatic N) is 3. The van der Waals surface area contributed by atoms with Crippen molar-refractivity contribution in [2.45, 2.75) is 13.0 Å². The Bertz CT molecular complexity index is 1030. The Morgan fingerprint density at radius 2 is 1.79 bits per heavy atom. The molecule has 150 valence electrons. The van der Waals surface area contributed by atoms with Gasteiger partial charge in [-0.3, -0.25) is 14.6 Å². The summed E-state index contributed by atoms with van der Waals surface area (Å²) in [5, 5.41) is 7.09. The zero-order chi connectivity index (χ0) is 20.6. The Hall–Kier alpha value is -3.68. The van der Waals surface area contributed by atoms with Crippen LogP contribution >= 0.6 is 0 Å². The number of benzene rings is 1. The quantitative estimate of drug-likeness (QED) is 0.625. The molecule has 8 heteroatoms. The first-order chi connectivity index (χ1) is 14.1. The molecule has 1 N–H and O–H groups in total. The molecule has 2 heterocycles. The van der Waals surface area contributed by atoms with Gasteiger partial charge in [0.1, 0.15) is 6.54 Å². The predicted octanol–water partition coefficient (Wildman–Crippen LogP) is 1.68. The van der Waals surface area contributed by atoms with Gasteiger partial charge in [0.05, 0.1) is 19.9 Å². The van der Waals surface area contributed by atoms with Crippen molar-refractivity contribution < 1.29 is 14.3 Å². The fraction of sp³-hybridized carbons (Fsp3) is 0.238. The fourth-order valence-electron chi connectivity index (χ4n) is 2.81. The number of hydrogen-bond acceptors (Lipinski definition) is 6. The molecule has 3 aromatic rings. The van der Waals surface area contributed by atoms with E-state index in [1.165, 1.54) is 6.07 Å². The van der Waals surface area contributed by atoms with Crippen LogP contribution in [0.25, 0.3) is 11.3 Å². The zero-order valence-electron chi connectivity index (χ0n) is 16.3. The number of nitrogens with one attached hydrogen (secondary N) is 1. The van der Waals surface area contributed by atoms with E-state index in [0.717, 1.165) is 15.8 Å². The van der Waals surface area contributed by atoms with Crippen molar-refractivity contribution in [3.8, 4) is 22.8 Å². The van der Waals surface area contributed by atoms with Crippen LogP contribution in [-0.4, -0.2) is 41.4 Å². The van der Waals surface area contributed by atoms with Crippen LogP contribution < -0.4 is 20.3 Å². The Morgan fingerprint density at radius 3 is 2.52 bits per heavy atom. The first-order valence-corrected chi connectivity index (χ1v) is 9.07. The van der Waals surface area contributed by atoms with Crippen LogP contribution in [0.1, 0.15) is 5.56 Å². The van der Waals surface area contributed by atoms with E-state index < -0.39 is 0 Å². The third kappa shape index (κ3) is 5.19. The summed E-state index contributed by atoms with van der Waals surface area (Å²) in [6.07, 6.45) is 3.91. The molecule has 0 fully saturated rings. The van der Waals surface area contributed by atoms with E-state index >= 15 is 0 Å². The molecule has 0 unspecified atom stereocenters. The molecule has 0 aliphatic rings. The van der Waals surface area contributed by atoms with E-state index in [2.05, 4.69) is 15.4 Å². The van der Waals surface area contributed by atoms with Gasteiger partial charge in [-0.25, -0.2) is 4.68 Å². The summed E-state index contributed by atoms with van der Waals surface area (Å²) < 4.78 is 11.7. The summed E-state index contributed by atoms with van der Waals surface area (Å²) >= 11 is 0. The molecule has 3 rings (SSSR count). The van der Waals surface area contributed by atoms with E-state index in [1.807, 2.05) is 18.2 Å². The van der Waals surface area contributed by atoms with Gasteiger partial charge >= 0.3 is 0 Å². The highest BCUT2D eigenvalue weighted by Crippen LogP contribution is 2.27. The lowest BCUT2D eigenvalue weighted by molar-refractivity contribution is -0.121. The second-order valence-corrected chi connectivity index (χ2v) is 6.24. The lowest BCUT2D eigenvalue weighted by Crippen LogP contribution is -2.34. The highest BCUT2D eigenvalue weighted by atomic mass is 16.5. The zero-order valence-corrected chi connectivity index (χ0v) is 16.3. The van der Waals surface area contributed by atoms with Gasteiger partial charge in [0.2, 0.25) is 5.91 Å². The Morgan fingerprint density at radius 1 is 1.03 bits per heavy atom. The third-order valence-corrected chi connectivity index (χ3v) is 4.32. The Balaban J connectivity index is 1.59. The van der Waals surface area contributed by atoms with Crippen molar-refractivity contribution in [1.29, 1.82) is 0 Å². The minimum absolute atomic E-state index is 0.149. The van der Waals surface area contributed by atoms with Crippen molar-refractivity contribution in [3.05, 3.63) is 70.8 Å². The van der Waals surface area contributed by atoms with Crippen LogP contribution in [-0.2, 0) is 17.8 Å². The number of aromatic nitrogens is 3. The molecule has 0 atom stereocenters. The maximum absolute atomic E-state index is 12.3. The first kappa shape index (κ1) is 20.1. The van der Waals surface area contributed by atoms with Crippen molar-refractivity contribution in [1.82, 2.24) is 20.1 Å². The minimum Gasteiger partial charge on any atom is -0.493 e. The molecule has 0 saturated heterocycles. The van der Waals surface area contributed by atoms with Gasteiger partial charge in [0.25, 0.3) is 5.56 Å². The standard InChI is InChI=1S/C21H22N4O4/c1-28-18-5-3-15(13-19(18)29-2)7-12-23-20(26)14-25-21(27)6-4-17(24-25)16-8-10-22-11-9-16/h3-6,8-11,13H,7,12,14H2,1-2H3,(H,23,26). The molecule has 2 aromatic heterocycles. The third-order valence-electron chi connectivity index (χ3n) is 4.32. The number of amides is 1. The largest absolute Gasteiger partial charge is 0.493 e. The normalized spacial score (nSPS) is 10.4. The summed E-state index contributed by atoms with van der Waals surface area (Å²) in [4.78, 5) is 28.3. The van der Waals surface area contributed by atoms with Gasteiger partial charge in [0.15, 0.2) is 11.5 Å². The fourth-order valence-corrected chi connectivity index (χ4v) is 2.81. The molecular formula is C21H22N4O4. The Labute approximate surface area is 168 Å². The van der Waals surface area contributed by atoms with Crippen LogP contribution in [0.4, 0.5) is 0 Å². The smallest absolute Gasteiger partial charge is 0.267 e. The number of carbonyl (C=O) groups is 1.